The van der Waals surface area contributed by atoms with E-state index in [1.165, 1.54) is 19.5 Å². The lowest BCUT2D eigenvalue weighted by Gasteiger charge is -2.24. The molecule has 12 heavy (non-hydrogen) atoms. The maximum absolute atomic E-state index is 4.81. The minimum Gasteiger partial charge on any atom is -0.299 e. The predicted molar refractivity (Wildman–Crippen MR) is 55.7 cm³/mol. The van der Waals surface area contributed by atoms with Crippen molar-refractivity contribution in [1.82, 2.24) is 4.90 Å². The Morgan fingerprint density at radius 1 is 1.58 bits per heavy atom. The van der Waals surface area contributed by atoms with Crippen LogP contribution in [0.1, 0.15) is 27.2 Å². The van der Waals surface area contributed by atoms with Crippen LogP contribution in [-0.4, -0.2) is 28.8 Å². The summed E-state index contributed by atoms with van der Waals surface area (Å²) in [6.07, 6.45) is 1.32. The van der Waals surface area contributed by atoms with Gasteiger partial charge in [0.15, 0.2) is 0 Å². The van der Waals surface area contributed by atoms with Crippen LogP contribution in [0, 0.1) is 11.8 Å². The van der Waals surface area contributed by atoms with Crippen molar-refractivity contribution < 1.29 is 0 Å². The lowest BCUT2D eigenvalue weighted by molar-refractivity contribution is 0.236. The van der Waals surface area contributed by atoms with Crippen LogP contribution in [0.5, 0.6) is 0 Å². The van der Waals surface area contributed by atoms with E-state index < -0.39 is 0 Å². The minimum absolute atomic E-state index is 0.402. The first-order valence-electron chi connectivity index (χ1n) is 5.06. The van der Waals surface area contributed by atoms with Gasteiger partial charge in [-0.05, 0) is 25.7 Å². The molecule has 0 aromatic rings. The summed E-state index contributed by atoms with van der Waals surface area (Å²) in [7, 11) is 0. The third kappa shape index (κ3) is 1.04. The molecule has 0 aromatic heterocycles. The highest BCUT2D eigenvalue weighted by atomic mass is 32.1. The average Bonchev–Trinajstić information content (AvgIpc) is 2.35. The Morgan fingerprint density at radius 3 is 2.58 bits per heavy atom. The molecule has 2 unspecified atom stereocenters. The largest absolute Gasteiger partial charge is 0.299 e. The van der Waals surface area contributed by atoms with Gasteiger partial charge in [-0.25, -0.2) is 0 Å². The maximum atomic E-state index is 4.81. The fourth-order valence-electron chi connectivity index (χ4n) is 2.78. The molecule has 1 saturated carbocycles. The fourth-order valence-corrected chi connectivity index (χ4v) is 3.51. The summed E-state index contributed by atoms with van der Waals surface area (Å²) in [5.74, 6) is 1.81. The van der Waals surface area contributed by atoms with Gasteiger partial charge in [0, 0.05) is 23.9 Å². The molecule has 0 radical (unpaired) electrons. The molecule has 1 aliphatic carbocycles. The number of piperidine rings is 1. The van der Waals surface area contributed by atoms with E-state index in [9.17, 15) is 0 Å². The van der Waals surface area contributed by atoms with Crippen LogP contribution in [0.2, 0.25) is 0 Å². The second-order valence-corrected chi connectivity index (χ2v) is 5.47. The van der Waals surface area contributed by atoms with Gasteiger partial charge in [-0.1, -0.05) is 13.3 Å². The SMILES string of the molecule is CC[C@H]1C2CN(C(C)C)CC21S. The summed E-state index contributed by atoms with van der Waals surface area (Å²) in [6, 6.07) is 0.708. The summed E-state index contributed by atoms with van der Waals surface area (Å²) >= 11 is 4.81. The van der Waals surface area contributed by atoms with Gasteiger partial charge in [-0.3, -0.25) is 4.90 Å². The standard InChI is InChI=1S/C10H19NS/c1-4-8-9-5-11(7(2)3)6-10(8,9)12/h7-9,12H,4-6H2,1-3H3/t8-,9?,10?/m0/s1. The van der Waals surface area contributed by atoms with E-state index in [0.29, 0.717) is 10.8 Å². The molecule has 1 nitrogen and oxygen atoms in total. The van der Waals surface area contributed by atoms with E-state index in [1.807, 2.05) is 0 Å². The molecule has 0 spiro atoms. The smallest absolute Gasteiger partial charge is 0.0332 e. The van der Waals surface area contributed by atoms with Gasteiger partial charge < -0.3 is 0 Å². The molecule has 1 saturated heterocycles. The Balaban J connectivity index is 1.97. The fraction of sp³-hybridized carbons (Fsp3) is 1.00. The third-order valence-corrected chi connectivity index (χ3v) is 4.52. The van der Waals surface area contributed by atoms with Gasteiger partial charge in [-0.15, -0.1) is 0 Å². The number of nitrogens with zero attached hydrogens (tertiary/aromatic N) is 1. The zero-order chi connectivity index (χ0) is 8.93. The zero-order valence-electron chi connectivity index (χ0n) is 8.25. The molecule has 0 aromatic carbocycles. The van der Waals surface area contributed by atoms with Crippen molar-refractivity contribution in [3.05, 3.63) is 0 Å². The summed E-state index contributed by atoms with van der Waals surface area (Å²) in [6.45, 7) is 9.36. The van der Waals surface area contributed by atoms with Crippen LogP contribution in [-0.2, 0) is 0 Å². The Labute approximate surface area is 80.9 Å². The Bertz CT molecular complexity index is 192. The number of fused-ring (bicyclic) bond motifs is 1. The number of likely N-dealkylation sites (tertiary alicyclic amines) is 1. The number of thiol groups is 1. The molecule has 2 aliphatic rings. The highest BCUT2D eigenvalue weighted by molar-refractivity contribution is 7.82. The molecule has 2 heteroatoms. The predicted octanol–water partition coefficient (Wildman–Crippen LogP) is 2.04. The van der Waals surface area contributed by atoms with Crippen LogP contribution in [0.4, 0.5) is 0 Å². The van der Waals surface area contributed by atoms with E-state index in [-0.39, 0.29) is 0 Å². The van der Waals surface area contributed by atoms with Crippen molar-refractivity contribution in [1.29, 1.82) is 0 Å². The molecule has 1 aliphatic heterocycles. The summed E-state index contributed by atoms with van der Waals surface area (Å²) in [5, 5.41) is 0. The summed E-state index contributed by atoms with van der Waals surface area (Å²) in [5.41, 5.74) is 0. The number of rotatable bonds is 2. The molecule has 3 atom stereocenters. The average molecular weight is 185 g/mol. The van der Waals surface area contributed by atoms with E-state index >= 15 is 0 Å². The lowest BCUT2D eigenvalue weighted by Crippen LogP contribution is -2.33. The molecule has 0 N–H and O–H groups in total. The molecule has 70 valence electrons. The van der Waals surface area contributed by atoms with Crippen molar-refractivity contribution in [3.8, 4) is 0 Å². The summed E-state index contributed by atoms with van der Waals surface area (Å²) in [4.78, 5) is 2.56. The van der Waals surface area contributed by atoms with E-state index in [0.717, 1.165) is 11.8 Å². The minimum atomic E-state index is 0.402. The second-order valence-electron chi connectivity index (χ2n) is 4.64. The van der Waals surface area contributed by atoms with Gasteiger partial charge in [0.2, 0.25) is 0 Å². The highest BCUT2D eigenvalue weighted by Crippen LogP contribution is 2.61. The summed E-state index contributed by atoms with van der Waals surface area (Å²) < 4.78 is 0.402. The van der Waals surface area contributed by atoms with E-state index in [4.69, 9.17) is 12.6 Å². The van der Waals surface area contributed by atoms with E-state index in [2.05, 4.69) is 25.7 Å². The first kappa shape index (κ1) is 8.89. The monoisotopic (exact) mass is 185 g/mol. The van der Waals surface area contributed by atoms with Crippen LogP contribution in [0.15, 0.2) is 0 Å². The molecule has 0 amide bonds. The quantitative estimate of drug-likeness (QED) is 0.644. The molecular formula is C10H19NS. The Kier molecular flexibility index (Phi) is 1.96. The van der Waals surface area contributed by atoms with Gasteiger partial charge in [0.05, 0.1) is 0 Å². The van der Waals surface area contributed by atoms with Gasteiger partial charge in [-0.2, -0.15) is 12.6 Å². The van der Waals surface area contributed by atoms with Gasteiger partial charge >= 0.3 is 0 Å². The normalized spacial score (nSPS) is 46.8. The Hall–Kier alpha value is 0.310. The Morgan fingerprint density at radius 2 is 2.25 bits per heavy atom. The molecule has 2 rings (SSSR count). The second kappa shape index (κ2) is 2.65. The highest BCUT2D eigenvalue weighted by Gasteiger charge is 2.65. The molecule has 0 bridgehead atoms. The zero-order valence-corrected chi connectivity index (χ0v) is 9.14. The molecule has 1 heterocycles. The van der Waals surface area contributed by atoms with Crippen LogP contribution < -0.4 is 0 Å². The van der Waals surface area contributed by atoms with Crippen molar-refractivity contribution in [2.75, 3.05) is 13.1 Å². The van der Waals surface area contributed by atoms with Crippen molar-refractivity contribution in [2.45, 2.75) is 38.0 Å². The van der Waals surface area contributed by atoms with Crippen LogP contribution in [0.3, 0.4) is 0 Å². The van der Waals surface area contributed by atoms with Crippen molar-refractivity contribution in [2.24, 2.45) is 11.8 Å². The molecule has 2 fully saturated rings. The first-order valence-corrected chi connectivity index (χ1v) is 5.50. The maximum Gasteiger partial charge on any atom is 0.0332 e. The first-order chi connectivity index (χ1) is 5.59. The molecular weight excluding hydrogens is 166 g/mol. The van der Waals surface area contributed by atoms with Crippen LogP contribution >= 0.6 is 12.6 Å². The lowest BCUT2D eigenvalue weighted by atomic mass is 10.2. The van der Waals surface area contributed by atoms with Crippen molar-refractivity contribution in [3.63, 3.8) is 0 Å². The van der Waals surface area contributed by atoms with Gasteiger partial charge in [0.1, 0.15) is 0 Å². The number of hydrogen-bond donors (Lipinski definition) is 1. The van der Waals surface area contributed by atoms with Crippen molar-refractivity contribution >= 4 is 12.6 Å². The van der Waals surface area contributed by atoms with Crippen LogP contribution in [0.25, 0.3) is 0 Å². The van der Waals surface area contributed by atoms with E-state index in [1.54, 1.807) is 0 Å². The number of hydrogen-bond acceptors (Lipinski definition) is 2. The third-order valence-electron chi connectivity index (χ3n) is 3.72. The topological polar surface area (TPSA) is 3.24 Å². The van der Waals surface area contributed by atoms with Gasteiger partial charge in [0.25, 0.3) is 0 Å².